The third kappa shape index (κ3) is 1.90. The van der Waals surface area contributed by atoms with E-state index in [0.29, 0.717) is 0 Å². The lowest BCUT2D eigenvalue weighted by Gasteiger charge is -2.09. The Morgan fingerprint density at radius 2 is 2.20 bits per heavy atom. The van der Waals surface area contributed by atoms with E-state index < -0.39 is 0 Å². The predicted molar refractivity (Wildman–Crippen MR) is 39.9 cm³/mol. The molecule has 0 radical (unpaired) electrons. The fraction of sp³-hybridized carbons (Fsp3) is 0.857. The van der Waals surface area contributed by atoms with Gasteiger partial charge < -0.3 is 10.1 Å². The van der Waals surface area contributed by atoms with E-state index in [1.807, 2.05) is 0 Å². The maximum absolute atomic E-state index is 10.6. The summed E-state index contributed by atoms with van der Waals surface area (Å²) in [5, 5.41) is 2.43. The van der Waals surface area contributed by atoms with Crippen molar-refractivity contribution in [2.75, 3.05) is 7.05 Å². The summed E-state index contributed by atoms with van der Waals surface area (Å²) in [6.45, 7) is 0. The first-order valence-corrected chi connectivity index (χ1v) is 3.71. The van der Waals surface area contributed by atoms with Gasteiger partial charge in [0.1, 0.15) is 6.10 Å². The second kappa shape index (κ2) is 3.44. The molecule has 3 nitrogen and oxygen atoms in total. The number of carbonyl (C=O) groups is 1. The SMILES string of the molecule is CNC(=O)OC1CCCC1.[HH]. The highest BCUT2D eigenvalue weighted by atomic mass is 16.6. The minimum absolute atomic E-state index is 0. The number of hydrogen-bond acceptors (Lipinski definition) is 2. The van der Waals surface area contributed by atoms with Gasteiger partial charge in [0, 0.05) is 8.47 Å². The lowest BCUT2D eigenvalue weighted by Crippen LogP contribution is -2.24. The van der Waals surface area contributed by atoms with Crippen LogP contribution in [0.3, 0.4) is 0 Å². The minimum atomic E-state index is -0.299. The summed E-state index contributed by atoms with van der Waals surface area (Å²) < 4.78 is 5.01. The summed E-state index contributed by atoms with van der Waals surface area (Å²) in [4.78, 5) is 10.6. The van der Waals surface area contributed by atoms with Gasteiger partial charge in [0.15, 0.2) is 0 Å². The Kier molecular flexibility index (Phi) is 2.54. The fourth-order valence-corrected chi connectivity index (χ4v) is 1.22. The third-order valence-corrected chi connectivity index (χ3v) is 1.78. The van der Waals surface area contributed by atoms with Gasteiger partial charge in [-0.2, -0.15) is 0 Å². The average molecular weight is 145 g/mol. The van der Waals surface area contributed by atoms with Gasteiger partial charge in [0.25, 0.3) is 0 Å². The van der Waals surface area contributed by atoms with Crippen LogP contribution >= 0.6 is 0 Å². The number of hydrogen-bond donors (Lipinski definition) is 1. The highest BCUT2D eigenvalue weighted by Gasteiger charge is 2.17. The summed E-state index contributed by atoms with van der Waals surface area (Å²) in [5.41, 5.74) is 0. The van der Waals surface area contributed by atoms with Crippen molar-refractivity contribution >= 4 is 6.09 Å². The van der Waals surface area contributed by atoms with E-state index in [0.717, 1.165) is 12.8 Å². The molecule has 0 saturated heterocycles. The largest absolute Gasteiger partial charge is 0.446 e. The second-order valence-corrected chi connectivity index (χ2v) is 2.56. The summed E-state index contributed by atoms with van der Waals surface area (Å²) in [7, 11) is 1.58. The molecule has 0 aromatic heterocycles. The zero-order valence-electron chi connectivity index (χ0n) is 6.22. The van der Waals surface area contributed by atoms with Crippen molar-refractivity contribution in [1.82, 2.24) is 5.32 Å². The van der Waals surface area contributed by atoms with Crippen LogP contribution in [0.5, 0.6) is 0 Å². The molecule has 0 aliphatic heterocycles. The van der Waals surface area contributed by atoms with Gasteiger partial charge in [-0.1, -0.05) is 0 Å². The Labute approximate surface area is 62.2 Å². The van der Waals surface area contributed by atoms with Crippen LogP contribution in [0.2, 0.25) is 0 Å². The molecule has 1 fully saturated rings. The van der Waals surface area contributed by atoms with Crippen molar-refractivity contribution in [1.29, 1.82) is 0 Å². The second-order valence-electron chi connectivity index (χ2n) is 2.56. The van der Waals surface area contributed by atoms with Crippen molar-refractivity contribution in [3.8, 4) is 0 Å². The molecule has 0 heterocycles. The molecule has 10 heavy (non-hydrogen) atoms. The number of carbonyl (C=O) groups excluding carboxylic acids is 1. The number of rotatable bonds is 1. The molecule has 0 unspecified atom stereocenters. The van der Waals surface area contributed by atoms with Crippen LogP contribution < -0.4 is 5.32 Å². The molecule has 1 saturated carbocycles. The Hall–Kier alpha value is -0.730. The standard InChI is InChI=1S/C7H13NO2.H2/c1-8-7(9)10-6-4-2-3-5-6;/h6H,2-5H2,1H3,(H,8,9);1H. The van der Waals surface area contributed by atoms with Gasteiger partial charge in [-0.05, 0) is 25.7 Å². The maximum atomic E-state index is 10.6. The van der Waals surface area contributed by atoms with Crippen molar-refractivity contribution in [3.63, 3.8) is 0 Å². The van der Waals surface area contributed by atoms with E-state index in [1.165, 1.54) is 12.8 Å². The number of alkyl carbamates (subject to hydrolysis) is 1. The van der Waals surface area contributed by atoms with Crippen LogP contribution in [-0.4, -0.2) is 19.2 Å². The van der Waals surface area contributed by atoms with E-state index in [4.69, 9.17) is 4.74 Å². The first kappa shape index (κ1) is 7.38. The van der Waals surface area contributed by atoms with Gasteiger partial charge in [0.05, 0.1) is 0 Å². The summed E-state index contributed by atoms with van der Waals surface area (Å²) in [6.07, 6.45) is 4.34. The number of nitrogens with one attached hydrogen (secondary N) is 1. The molecule has 0 aromatic rings. The van der Waals surface area contributed by atoms with Crippen LogP contribution in [0.25, 0.3) is 0 Å². The molecule has 0 atom stereocenters. The average Bonchev–Trinajstić information content (AvgIpc) is 2.40. The zero-order valence-corrected chi connectivity index (χ0v) is 6.22. The van der Waals surface area contributed by atoms with Crippen LogP contribution in [0.15, 0.2) is 0 Å². The normalized spacial score (nSPS) is 18.9. The molecule has 60 valence electrons. The topological polar surface area (TPSA) is 38.3 Å². The monoisotopic (exact) mass is 145 g/mol. The number of ether oxygens (including phenoxy) is 1. The Bertz CT molecular complexity index is 124. The molecule has 1 aliphatic carbocycles. The first-order chi connectivity index (χ1) is 4.83. The van der Waals surface area contributed by atoms with Crippen molar-refractivity contribution in [2.24, 2.45) is 0 Å². The Balaban J connectivity index is 0.000001000. The Morgan fingerprint density at radius 1 is 1.60 bits per heavy atom. The molecule has 3 heteroatoms. The van der Waals surface area contributed by atoms with Crippen LogP contribution in [0.1, 0.15) is 27.1 Å². The highest BCUT2D eigenvalue weighted by Crippen LogP contribution is 2.20. The molecule has 0 bridgehead atoms. The molecular formula is C7H15NO2. The van der Waals surface area contributed by atoms with E-state index in [9.17, 15) is 4.79 Å². The smallest absolute Gasteiger partial charge is 0.407 e. The minimum Gasteiger partial charge on any atom is -0.446 e. The van der Waals surface area contributed by atoms with Gasteiger partial charge in [-0.25, -0.2) is 4.79 Å². The molecule has 1 aliphatic rings. The van der Waals surface area contributed by atoms with Gasteiger partial charge >= 0.3 is 6.09 Å². The molecule has 0 spiro atoms. The van der Waals surface area contributed by atoms with Gasteiger partial charge in [-0.3, -0.25) is 0 Å². The van der Waals surface area contributed by atoms with Gasteiger partial charge in [-0.15, -0.1) is 0 Å². The lowest BCUT2D eigenvalue weighted by atomic mass is 10.3. The van der Waals surface area contributed by atoms with Crippen LogP contribution in [-0.2, 0) is 4.74 Å². The summed E-state index contributed by atoms with van der Waals surface area (Å²) in [6, 6.07) is 0. The maximum Gasteiger partial charge on any atom is 0.407 e. The van der Waals surface area contributed by atoms with Crippen molar-refractivity contribution < 1.29 is 11.0 Å². The molecule has 1 rings (SSSR count). The zero-order chi connectivity index (χ0) is 7.40. The molecule has 1 amide bonds. The highest BCUT2D eigenvalue weighted by molar-refractivity contribution is 5.66. The van der Waals surface area contributed by atoms with E-state index in [1.54, 1.807) is 7.05 Å². The Morgan fingerprint density at radius 3 is 2.70 bits per heavy atom. The summed E-state index contributed by atoms with van der Waals surface area (Å²) >= 11 is 0. The van der Waals surface area contributed by atoms with E-state index >= 15 is 0 Å². The molecular weight excluding hydrogens is 130 g/mol. The fourth-order valence-electron chi connectivity index (χ4n) is 1.22. The van der Waals surface area contributed by atoms with Crippen molar-refractivity contribution in [3.05, 3.63) is 0 Å². The first-order valence-electron chi connectivity index (χ1n) is 3.71. The molecule has 0 aromatic carbocycles. The third-order valence-electron chi connectivity index (χ3n) is 1.78. The number of amides is 1. The lowest BCUT2D eigenvalue weighted by molar-refractivity contribution is 0.103. The van der Waals surface area contributed by atoms with Crippen molar-refractivity contribution in [2.45, 2.75) is 31.8 Å². The van der Waals surface area contributed by atoms with Crippen LogP contribution in [0.4, 0.5) is 4.79 Å². The van der Waals surface area contributed by atoms with E-state index in [2.05, 4.69) is 5.32 Å². The van der Waals surface area contributed by atoms with Crippen LogP contribution in [0, 0.1) is 0 Å². The predicted octanol–water partition coefficient (Wildman–Crippen LogP) is 1.53. The molecule has 1 N–H and O–H groups in total. The van der Waals surface area contributed by atoms with E-state index in [-0.39, 0.29) is 13.6 Å². The quantitative estimate of drug-likeness (QED) is 0.607. The van der Waals surface area contributed by atoms with Gasteiger partial charge in [0.2, 0.25) is 0 Å². The summed E-state index contributed by atoms with van der Waals surface area (Å²) in [5.74, 6) is 0.